The number of amides is 2. The van der Waals surface area contributed by atoms with Crippen LogP contribution in [0.4, 0.5) is 0 Å². The number of hydrogen-bond donors (Lipinski definition) is 1. The van der Waals surface area contributed by atoms with Gasteiger partial charge >= 0.3 is 5.69 Å². The number of carbonyl (C=O) groups is 2. The molecule has 160 valence electrons. The number of aromatic nitrogens is 2. The van der Waals surface area contributed by atoms with Gasteiger partial charge in [0.1, 0.15) is 0 Å². The normalized spacial score (nSPS) is 14.5. The maximum Gasteiger partial charge on any atom is 0.328 e. The average Bonchev–Trinajstić information content (AvgIpc) is 2.77. The van der Waals surface area contributed by atoms with E-state index in [1.54, 1.807) is 4.90 Å². The molecule has 1 aromatic carbocycles. The number of aryl methyl sites for hydroxylation is 1. The van der Waals surface area contributed by atoms with Crippen molar-refractivity contribution in [3.05, 3.63) is 69.0 Å². The standard InChI is InChI=1S/C22H28N4O4/c1-2-24(16-17-6-4-3-5-7-17)21(29)18-8-12-25(13-9-18)20(28)11-15-26-14-10-19(27)23-22(26)30/h3-7,10,14,18H,2,8-9,11-13,15-16H2,1H3,(H,23,27,30). The van der Waals surface area contributed by atoms with Gasteiger partial charge in [-0.2, -0.15) is 0 Å². The Hall–Kier alpha value is -3.16. The zero-order valence-corrected chi connectivity index (χ0v) is 17.3. The van der Waals surface area contributed by atoms with Crippen molar-refractivity contribution in [1.29, 1.82) is 0 Å². The Balaban J connectivity index is 1.49. The fourth-order valence-corrected chi connectivity index (χ4v) is 3.78. The van der Waals surface area contributed by atoms with E-state index >= 15 is 0 Å². The zero-order chi connectivity index (χ0) is 21.5. The molecule has 2 amide bonds. The number of hydrogen-bond acceptors (Lipinski definition) is 4. The van der Waals surface area contributed by atoms with Crippen molar-refractivity contribution in [3.8, 4) is 0 Å². The summed E-state index contributed by atoms with van der Waals surface area (Å²) in [5, 5.41) is 0. The van der Waals surface area contributed by atoms with Crippen molar-refractivity contribution in [2.45, 2.75) is 39.3 Å². The van der Waals surface area contributed by atoms with Crippen LogP contribution in [0.15, 0.2) is 52.2 Å². The van der Waals surface area contributed by atoms with E-state index in [2.05, 4.69) is 4.98 Å². The molecule has 1 saturated heterocycles. The van der Waals surface area contributed by atoms with Crippen molar-refractivity contribution in [3.63, 3.8) is 0 Å². The summed E-state index contributed by atoms with van der Waals surface area (Å²) in [7, 11) is 0. The van der Waals surface area contributed by atoms with E-state index in [4.69, 9.17) is 0 Å². The molecule has 8 nitrogen and oxygen atoms in total. The molecule has 1 fully saturated rings. The third-order valence-electron chi connectivity index (χ3n) is 5.57. The fourth-order valence-electron chi connectivity index (χ4n) is 3.78. The predicted octanol–water partition coefficient (Wildman–Crippen LogP) is 1.21. The molecule has 0 bridgehead atoms. The average molecular weight is 412 g/mol. The first-order chi connectivity index (χ1) is 14.5. The molecule has 1 N–H and O–H groups in total. The molecule has 0 radical (unpaired) electrons. The van der Waals surface area contributed by atoms with Crippen LogP contribution in [0.2, 0.25) is 0 Å². The Morgan fingerprint density at radius 2 is 1.80 bits per heavy atom. The molecule has 1 aromatic heterocycles. The van der Waals surface area contributed by atoms with Crippen molar-refractivity contribution >= 4 is 11.8 Å². The predicted molar refractivity (Wildman–Crippen MR) is 113 cm³/mol. The van der Waals surface area contributed by atoms with Crippen LogP contribution in [-0.4, -0.2) is 50.8 Å². The summed E-state index contributed by atoms with van der Waals surface area (Å²) in [6.07, 6.45) is 2.87. The van der Waals surface area contributed by atoms with E-state index in [1.165, 1.54) is 16.8 Å². The van der Waals surface area contributed by atoms with Crippen molar-refractivity contribution in [1.82, 2.24) is 19.4 Å². The summed E-state index contributed by atoms with van der Waals surface area (Å²) >= 11 is 0. The summed E-state index contributed by atoms with van der Waals surface area (Å²) in [4.78, 5) is 54.1. The van der Waals surface area contributed by atoms with Gasteiger partial charge in [-0.25, -0.2) is 4.79 Å². The van der Waals surface area contributed by atoms with E-state index < -0.39 is 11.2 Å². The van der Waals surface area contributed by atoms with Crippen LogP contribution in [0.5, 0.6) is 0 Å². The quantitative estimate of drug-likeness (QED) is 0.740. The second-order valence-electron chi connectivity index (χ2n) is 7.55. The second-order valence-corrected chi connectivity index (χ2v) is 7.55. The number of benzene rings is 1. The number of aromatic amines is 1. The third kappa shape index (κ3) is 5.46. The van der Waals surface area contributed by atoms with Gasteiger partial charge in [0.05, 0.1) is 0 Å². The molecular weight excluding hydrogens is 384 g/mol. The molecule has 8 heteroatoms. The molecule has 2 heterocycles. The Morgan fingerprint density at radius 3 is 2.43 bits per heavy atom. The summed E-state index contributed by atoms with van der Waals surface area (Å²) < 4.78 is 1.32. The first kappa shape index (κ1) is 21.5. The minimum atomic E-state index is -0.516. The van der Waals surface area contributed by atoms with Crippen LogP contribution in [-0.2, 0) is 22.7 Å². The van der Waals surface area contributed by atoms with E-state index in [1.807, 2.05) is 42.2 Å². The molecule has 0 spiro atoms. The summed E-state index contributed by atoms with van der Waals surface area (Å²) in [5.41, 5.74) is 0.137. The summed E-state index contributed by atoms with van der Waals surface area (Å²) in [6, 6.07) is 11.2. The highest BCUT2D eigenvalue weighted by Gasteiger charge is 2.29. The van der Waals surface area contributed by atoms with Gasteiger partial charge < -0.3 is 14.4 Å². The van der Waals surface area contributed by atoms with Gasteiger partial charge in [-0.1, -0.05) is 30.3 Å². The first-order valence-electron chi connectivity index (χ1n) is 10.4. The summed E-state index contributed by atoms with van der Waals surface area (Å²) in [6.45, 7) is 4.54. The number of nitrogens with one attached hydrogen (secondary N) is 1. The maximum absolute atomic E-state index is 12.9. The maximum atomic E-state index is 12.9. The number of rotatable bonds is 7. The molecule has 1 aliphatic rings. The van der Waals surface area contributed by atoms with Gasteiger partial charge in [0.2, 0.25) is 11.8 Å². The van der Waals surface area contributed by atoms with Crippen molar-refractivity contribution in [2.24, 2.45) is 5.92 Å². The molecule has 0 aliphatic carbocycles. The van der Waals surface area contributed by atoms with Gasteiger partial charge in [0.25, 0.3) is 5.56 Å². The van der Waals surface area contributed by atoms with E-state index in [0.29, 0.717) is 39.0 Å². The minimum absolute atomic E-state index is 0.0457. The first-order valence-corrected chi connectivity index (χ1v) is 10.4. The van der Waals surface area contributed by atoms with Crippen molar-refractivity contribution in [2.75, 3.05) is 19.6 Å². The topological polar surface area (TPSA) is 95.5 Å². The molecule has 0 atom stereocenters. The smallest absolute Gasteiger partial charge is 0.328 e. The van der Waals surface area contributed by atoms with E-state index in [-0.39, 0.29) is 30.7 Å². The number of nitrogens with zero attached hydrogens (tertiary/aromatic N) is 3. The van der Waals surface area contributed by atoms with E-state index in [9.17, 15) is 19.2 Å². The van der Waals surface area contributed by atoms with Crippen LogP contribution in [0, 0.1) is 5.92 Å². The summed E-state index contributed by atoms with van der Waals surface area (Å²) in [5.74, 6) is 0.0309. The van der Waals surface area contributed by atoms with Crippen LogP contribution in [0.25, 0.3) is 0 Å². The second kappa shape index (κ2) is 10.0. The highest BCUT2D eigenvalue weighted by Crippen LogP contribution is 2.21. The van der Waals surface area contributed by atoms with Crippen molar-refractivity contribution < 1.29 is 9.59 Å². The monoisotopic (exact) mass is 412 g/mol. The lowest BCUT2D eigenvalue weighted by molar-refractivity contribution is -0.141. The number of H-pyrrole nitrogens is 1. The third-order valence-corrected chi connectivity index (χ3v) is 5.57. The fraction of sp³-hybridized carbons (Fsp3) is 0.455. The van der Waals surface area contributed by atoms with Crippen LogP contribution in [0.1, 0.15) is 31.7 Å². The molecule has 3 rings (SSSR count). The highest BCUT2D eigenvalue weighted by molar-refractivity contribution is 5.80. The molecule has 30 heavy (non-hydrogen) atoms. The van der Waals surface area contributed by atoms with E-state index in [0.717, 1.165) is 5.56 Å². The van der Waals surface area contributed by atoms with Crippen LogP contribution >= 0.6 is 0 Å². The number of likely N-dealkylation sites (tertiary alicyclic amines) is 1. The largest absolute Gasteiger partial charge is 0.343 e. The Bertz CT molecular complexity index is 974. The molecule has 0 saturated carbocycles. The van der Waals surface area contributed by atoms with Gasteiger partial charge in [0.15, 0.2) is 0 Å². The van der Waals surface area contributed by atoms with Crippen LogP contribution in [0.3, 0.4) is 0 Å². The lowest BCUT2D eigenvalue weighted by atomic mass is 9.94. The molecule has 1 aliphatic heterocycles. The Labute approximate surface area is 175 Å². The van der Waals surface area contributed by atoms with Crippen LogP contribution < -0.4 is 11.2 Å². The SMILES string of the molecule is CCN(Cc1ccccc1)C(=O)C1CCN(C(=O)CCn2ccc(=O)[nH]c2=O)CC1. The number of carbonyl (C=O) groups excluding carboxylic acids is 2. The van der Waals surface area contributed by atoms with Gasteiger partial charge in [-0.05, 0) is 25.3 Å². The lowest BCUT2D eigenvalue weighted by Gasteiger charge is -2.34. The van der Waals surface area contributed by atoms with Gasteiger partial charge in [-0.3, -0.25) is 19.4 Å². The zero-order valence-electron chi connectivity index (χ0n) is 17.3. The molecule has 0 unspecified atom stereocenters. The van der Waals surface area contributed by atoms with Gasteiger partial charge in [0, 0.05) is 57.3 Å². The molecular formula is C22H28N4O4. The van der Waals surface area contributed by atoms with Gasteiger partial charge in [-0.15, -0.1) is 0 Å². The minimum Gasteiger partial charge on any atom is -0.343 e. The molecule has 2 aromatic rings. The highest BCUT2D eigenvalue weighted by atomic mass is 16.2. The lowest BCUT2D eigenvalue weighted by Crippen LogP contribution is -2.44. The Morgan fingerprint density at radius 1 is 1.10 bits per heavy atom. The number of piperidine rings is 1. The Kier molecular flexibility index (Phi) is 7.21.